The van der Waals surface area contributed by atoms with Crippen molar-refractivity contribution in [3.63, 3.8) is 0 Å². The standard InChI is InChI=1S/C22H24ClN7O4/c1-31-14-8-13(9-15(32-2)19(14)33-3)29-10-16(24-11-29)26-20-18-21(28-22(23)27-20)30(12-25-18)17-6-4-5-7-34-17/h8-12,17H,4-7H2,1-3H3,(H,26,27,28). The molecule has 178 valence electrons. The second-order valence-electron chi connectivity index (χ2n) is 7.66. The van der Waals surface area contributed by atoms with E-state index in [9.17, 15) is 0 Å². The minimum Gasteiger partial charge on any atom is -0.493 e. The van der Waals surface area contributed by atoms with Gasteiger partial charge < -0.3 is 28.8 Å². The van der Waals surface area contributed by atoms with Crippen molar-refractivity contribution < 1.29 is 18.9 Å². The number of benzene rings is 1. The highest BCUT2D eigenvalue weighted by Crippen LogP contribution is 2.39. The molecule has 1 unspecified atom stereocenters. The van der Waals surface area contributed by atoms with Gasteiger partial charge in [0.2, 0.25) is 11.0 Å². The summed E-state index contributed by atoms with van der Waals surface area (Å²) >= 11 is 6.24. The van der Waals surface area contributed by atoms with Crippen LogP contribution in [0.25, 0.3) is 16.9 Å². The minimum absolute atomic E-state index is 0.108. The maximum absolute atomic E-state index is 6.24. The van der Waals surface area contributed by atoms with Gasteiger partial charge in [-0.15, -0.1) is 0 Å². The predicted molar refractivity (Wildman–Crippen MR) is 126 cm³/mol. The molecule has 1 fully saturated rings. The van der Waals surface area contributed by atoms with Gasteiger partial charge >= 0.3 is 0 Å². The second-order valence-corrected chi connectivity index (χ2v) is 8.00. The first-order valence-corrected chi connectivity index (χ1v) is 11.1. The molecule has 0 aliphatic carbocycles. The molecule has 1 N–H and O–H groups in total. The van der Waals surface area contributed by atoms with Gasteiger partial charge in [0.15, 0.2) is 28.5 Å². The number of hydrogen-bond acceptors (Lipinski definition) is 9. The van der Waals surface area contributed by atoms with E-state index >= 15 is 0 Å². The number of ether oxygens (including phenoxy) is 4. The number of rotatable bonds is 7. The zero-order valence-corrected chi connectivity index (χ0v) is 19.7. The van der Waals surface area contributed by atoms with Crippen LogP contribution in [0.15, 0.2) is 31.0 Å². The summed E-state index contributed by atoms with van der Waals surface area (Å²) < 4.78 is 25.9. The molecule has 34 heavy (non-hydrogen) atoms. The quantitative estimate of drug-likeness (QED) is 0.386. The van der Waals surface area contributed by atoms with E-state index in [1.54, 1.807) is 34.0 Å². The van der Waals surface area contributed by atoms with Gasteiger partial charge in [-0.1, -0.05) is 0 Å². The molecule has 0 bridgehead atoms. The monoisotopic (exact) mass is 485 g/mol. The van der Waals surface area contributed by atoms with Crippen LogP contribution in [0.2, 0.25) is 5.28 Å². The molecular formula is C22H24ClN7O4. The predicted octanol–water partition coefficient (Wildman–Crippen LogP) is 4.13. The van der Waals surface area contributed by atoms with Crippen LogP contribution in [0.4, 0.5) is 11.6 Å². The van der Waals surface area contributed by atoms with E-state index in [4.69, 9.17) is 30.5 Å². The molecule has 4 heterocycles. The lowest BCUT2D eigenvalue weighted by molar-refractivity contribution is -0.0298. The maximum Gasteiger partial charge on any atom is 0.226 e. The average molecular weight is 486 g/mol. The van der Waals surface area contributed by atoms with E-state index < -0.39 is 0 Å². The summed E-state index contributed by atoms with van der Waals surface area (Å²) in [5.74, 6) is 2.61. The number of hydrogen-bond donors (Lipinski definition) is 1. The summed E-state index contributed by atoms with van der Waals surface area (Å²) in [4.78, 5) is 17.7. The number of anilines is 2. The Bertz CT molecular complexity index is 1290. The molecule has 1 aromatic carbocycles. The van der Waals surface area contributed by atoms with Gasteiger partial charge in [-0.2, -0.15) is 9.97 Å². The number of methoxy groups -OCH3 is 3. The first kappa shape index (κ1) is 22.2. The van der Waals surface area contributed by atoms with Crippen LogP contribution >= 0.6 is 11.6 Å². The van der Waals surface area contributed by atoms with Gasteiger partial charge in [0.25, 0.3) is 0 Å². The molecule has 1 aliphatic rings. The fourth-order valence-electron chi connectivity index (χ4n) is 4.00. The van der Waals surface area contributed by atoms with Gasteiger partial charge in [0, 0.05) is 18.7 Å². The third-order valence-electron chi connectivity index (χ3n) is 5.64. The van der Waals surface area contributed by atoms with Crippen molar-refractivity contribution in [1.82, 2.24) is 29.1 Å². The molecule has 11 nitrogen and oxygen atoms in total. The average Bonchev–Trinajstić information content (AvgIpc) is 3.51. The molecule has 0 saturated carbocycles. The number of nitrogens with zero attached hydrogens (tertiary/aromatic N) is 6. The van der Waals surface area contributed by atoms with Gasteiger partial charge in [0.05, 0.1) is 39.5 Å². The number of halogens is 1. The summed E-state index contributed by atoms with van der Waals surface area (Å²) in [6.07, 6.45) is 8.12. The highest BCUT2D eigenvalue weighted by atomic mass is 35.5. The van der Waals surface area contributed by atoms with Crippen LogP contribution in [-0.4, -0.2) is 57.0 Å². The molecule has 4 aromatic rings. The first-order valence-electron chi connectivity index (χ1n) is 10.7. The lowest BCUT2D eigenvalue weighted by Crippen LogP contribution is -2.17. The molecule has 0 spiro atoms. The van der Waals surface area contributed by atoms with Crippen molar-refractivity contribution in [3.05, 3.63) is 36.3 Å². The fraction of sp³-hybridized carbons (Fsp3) is 0.364. The van der Waals surface area contributed by atoms with E-state index in [2.05, 4.69) is 25.3 Å². The Morgan fingerprint density at radius 3 is 2.50 bits per heavy atom. The maximum atomic E-state index is 6.24. The molecular weight excluding hydrogens is 462 g/mol. The van der Waals surface area contributed by atoms with Crippen LogP contribution in [0.1, 0.15) is 25.5 Å². The van der Waals surface area contributed by atoms with E-state index in [0.29, 0.717) is 46.7 Å². The Morgan fingerprint density at radius 1 is 1.03 bits per heavy atom. The van der Waals surface area contributed by atoms with Gasteiger partial charge in [-0.3, -0.25) is 4.57 Å². The molecule has 0 radical (unpaired) electrons. The Hall–Kier alpha value is -3.57. The van der Waals surface area contributed by atoms with E-state index in [1.807, 2.05) is 27.5 Å². The van der Waals surface area contributed by atoms with Crippen molar-refractivity contribution >= 4 is 34.4 Å². The van der Waals surface area contributed by atoms with Gasteiger partial charge in [-0.05, 0) is 30.9 Å². The van der Waals surface area contributed by atoms with Crippen LogP contribution in [0.5, 0.6) is 17.2 Å². The smallest absolute Gasteiger partial charge is 0.226 e. The highest BCUT2D eigenvalue weighted by molar-refractivity contribution is 6.28. The zero-order chi connectivity index (χ0) is 23.7. The SMILES string of the molecule is COc1cc(-n2cnc(Nc3nc(Cl)nc4c3ncn4C3CCCCO3)c2)cc(OC)c1OC. The molecule has 1 aliphatic heterocycles. The van der Waals surface area contributed by atoms with Crippen LogP contribution < -0.4 is 19.5 Å². The van der Waals surface area contributed by atoms with Crippen molar-refractivity contribution in [2.75, 3.05) is 33.3 Å². The molecule has 5 rings (SSSR count). The summed E-state index contributed by atoms with van der Waals surface area (Å²) in [5.41, 5.74) is 1.97. The summed E-state index contributed by atoms with van der Waals surface area (Å²) in [6.45, 7) is 0.715. The first-order chi connectivity index (χ1) is 16.6. The number of imidazole rings is 2. The molecule has 0 amide bonds. The lowest BCUT2D eigenvalue weighted by atomic mass is 10.2. The van der Waals surface area contributed by atoms with Crippen molar-refractivity contribution in [2.24, 2.45) is 0 Å². The van der Waals surface area contributed by atoms with E-state index in [-0.39, 0.29) is 11.5 Å². The largest absolute Gasteiger partial charge is 0.493 e. The van der Waals surface area contributed by atoms with Crippen molar-refractivity contribution in [2.45, 2.75) is 25.5 Å². The normalized spacial score (nSPS) is 15.9. The number of fused-ring (bicyclic) bond motifs is 1. The third kappa shape index (κ3) is 4.08. The number of aromatic nitrogens is 6. The van der Waals surface area contributed by atoms with Gasteiger partial charge in [-0.25, -0.2) is 9.97 Å². The molecule has 1 atom stereocenters. The number of nitrogens with one attached hydrogen (secondary N) is 1. The second kappa shape index (κ2) is 9.35. The van der Waals surface area contributed by atoms with Crippen molar-refractivity contribution in [3.8, 4) is 22.9 Å². The summed E-state index contributed by atoms with van der Waals surface area (Å²) in [6, 6.07) is 3.66. The Kier molecular flexibility index (Phi) is 6.12. The van der Waals surface area contributed by atoms with Crippen molar-refractivity contribution in [1.29, 1.82) is 0 Å². The molecule has 1 saturated heterocycles. The Morgan fingerprint density at radius 2 is 1.82 bits per heavy atom. The fourth-order valence-corrected chi connectivity index (χ4v) is 4.16. The van der Waals surface area contributed by atoms with E-state index in [1.165, 1.54) is 0 Å². The summed E-state index contributed by atoms with van der Waals surface area (Å²) in [7, 11) is 4.71. The van der Waals surface area contributed by atoms with Gasteiger partial charge in [0.1, 0.15) is 18.4 Å². The Balaban J connectivity index is 1.46. The topological polar surface area (TPSA) is 110 Å². The zero-order valence-electron chi connectivity index (χ0n) is 19.0. The van der Waals surface area contributed by atoms with E-state index in [0.717, 1.165) is 24.9 Å². The highest BCUT2D eigenvalue weighted by Gasteiger charge is 2.21. The van der Waals surface area contributed by atoms with Crippen LogP contribution in [-0.2, 0) is 4.74 Å². The summed E-state index contributed by atoms with van der Waals surface area (Å²) in [5, 5.41) is 3.31. The van der Waals surface area contributed by atoms with Crippen LogP contribution in [0, 0.1) is 0 Å². The lowest BCUT2D eigenvalue weighted by Gasteiger charge is -2.23. The molecule has 3 aromatic heterocycles. The minimum atomic E-state index is -0.114. The third-order valence-corrected chi connectivity index (χ3v) is 5.81. The molecule has 12 heteroatoms. The van der Waals surface area contributed by atoms with Crippen LogP contribution in [0.3, 0.4) is 0 Å². The Labute approximate surface area is 200 Å².